The SMILES string of the molecule is Cc1cnccc1N1CCCN(C(=O)NCCc2ccc(O)cc2)CC1. The van der Waals surface area contributed by atoms with Gasteiger partial charge in [-0.15, -0.1) is 0 Å². The first kappa shape index (κ1) is 18.0. The highest BCUT2D eigenvalue weighted by molar-refractivity contribution is 5.74. The van der Waals surface area contributed by atoms with Crippen LogP contribution in [0, 0.1) is 6.92 Å². The fourth-order valence-electron chi connectivity index (χ4n) is 3.27. The van der Waals surface area contributed by atoms with Crippen molar-refractivity contribution in [2.75, 3.05) is 37.6 Å². The van der Waals surface area contributed by atoms with Crippen LogP contribution >= 0.6 is 0 Å². The summed E-state index contributed by atoms with van der Waals surface area (Å²) in [7, 11) is 0. The van der Waals surface area contributed by atoms with Crippen LogP contribution in [0.25, 0.3) is 0 Å². The fourth-order valence-corrected chi connectivity index (χ4v) is 3.27. The Morgan fingerprint density at radius 3 is 2.73 bits per heavy atom. The molecule has 1 aliphatic rings. The van der Waals surface area contributed by atoms with E-state index in [0.717, 1.165) is 38.0 Å². The van der Waals surface area contributed by atoms with Crippen LogP contribution in [0.3, 0.4) is 0 Å². The molecule has 2 aromatic rings. The summed E-state index contributed by atoms with van der Waals surface area (Å²) >= 11 is 0. The molecule has 2 N–H and O–H groups in total. The Labute approximate surface area is 154 Å². The van der Waals surface area contributed by atoms with E-state index in [-0.39, 0.29) is 11.8 Å². The lowest BCUT2D eigenvalue weighted by molar-refractivity contribution is 0.201. The van der Waals surface area contributed by atoms with Crippen LogP contribution in [0.1, 0.15) is 17.5 Å². The molecule has 1 aromatic heterocycles. The first-order valence-electron chi connectivity index (χ1n) is 9.10. The van der Waals surface area contributed by atoms with Crippen molar-refractivity contribution in [3.63, 3.8) is 0 Å². The Morgan fingerprint density at radius 1 is 1.15 bits per heavy atom. The number of amides is 2. The summed E-state index contributed by atoms with van der Waals surface area (Å²) in [6.45, 7) is 5.92. The van der Waals surface area contributed by atoms with Gasteiger partial charge in [-0.05, 0) is 49.1 Å². The second kappa shape index (κ2) is 8.56. The van der Waals surface area contributed by atoms with E-state index in [1.165, 1.54) is 11.3 Å². The number of hydrogen-bond donors (Lipinski definition) is 2. The third kappa shape index (κ3) is 4.65. The first-order chi connectivity index (χ1) is 12.6. The minimum absolute atomic E-state index is 0.00270. The van der Waals surface area contributed by atoms with Crippen molar-refractivity contribution in [2.45, 2.75) is 19.8 Å². The molecule has 1 saturated heterocycles. The number of urea groups is 1. The monoisotopic (exact) mass is 354 g/mol. The van der Waals surface area contributed by atoms with Gasteiger partial charge >= 0.3 is 6.03 Å². The minimum Gasteiger partial charge on any atom is -0.508 e. The molecule has 0 radical (unpaired) electrons. The van der Waals surface area contributed by atoms with E-state index in [2.05, 4.69) is 22.1 Å². The van der Waals surface area contributed by atoms with E-state index in [9.17, 15) is 9.90 Å². The van der Waals surface area contributed by atoms with Gasteiger partial charge in [0, 0.05) is 50.8 Å². The Morgan fingerprint density at radius 2 is 1.96 bits per heavy atom. The second-order valence-electron chi connectivity index (χ2n) is 6.64. The summed E-state index contributed by atoms with van der Waals surface area (Å²) in [6, 6.07) is 9.13. The van der Waals surface area contributed by atoms with Crippen LogP contribution in [0.15, 0.2) is 42.7 Å². The Balaban J connectivity index is 1.48. The molecule has 1 aromatic carbocycles. The van der Waals surface area contributed by atoms with Gasteiger partial charge in [0.05, 0.1) is 0 Å². The maximum atomic E-state index is 12.5. The maximum absolute atomic E-state index is 12.5. The number of phenols is 1. The summed E-state index contributed by atoms with van der Waals surface area (Å²) < 4.78 is 0. The number of carbonyl (C=O) groups is 1. The smallest absolute Gasteiger partial charge is 0.317 e. The van der Waals surface area contributed by atoms with Crippen molar-refractivity contribution in [1.29, 1.82) is 0 Å². The number of carbonyl (C=O) groups excluding carboxylic acids is 1. The number of benzene rings is 1. The number of nitrogens with zero attached hydrogens (tertiary/aromatic N) is 3. The average Bonchev–Trinajstić information content (AvgIpc) is 2.90. The van der Waals surface area contributed by atoms with Crippen molar-refractivity contribution < 1.29 is 9.90 Å². The molecule has 138 valence electrons. The molecule has 2 amide bonds. The first-order valence-corrected chi connectivity index (χ1v) is 9.10. The minimum atomic E-state index is -0.00270. The molecule has 0 aliphatic carbocycles. The molecule has 1 aliphatic heterocycles. The van der Waals surface area contributed by atoms with Gasteiger partial charge in [-0.2, -0.15) is 0 Å². The zero-order valence-corrected chi connectivity index (χ0v) is 15.2. The Kier molecular flexibility index (Phi) is 5.94. The van der Waals surface area contributed by atoms with E-state index in [1.807, 2.05) is 35.5 Å². The van der Waals surface area contributed by atoms with Crippen LogP contribution in [0.4, 0.5) is 10.5 Å². The van der Waals surface area contributed by atoms with Crippen molar-refractivity contribution in [1.82, 2.24) is 15.2 Å². The zero-order valence-electron chi connectivity index (χ0n) is 15.2. The highest BCUT2D eigenvalue weighted by Crippen LogP contribution is 2.20. The molecule has 0 spiro atoms. The van der Waals surface area contributed by atoms with Gasteiger partial charge in [-0.25, -0.2) is 4.79 Å². The molecule has 0 unspecified atom stereocenters. The third-order valence-electron chi connectivity index (χ3n) is 4.74. The Bertz CT molecular complexity index is 733. The van der Waals surface area contributed by atoms with Crippen molar-refractivity contribution in [2.24, 2.45) is 0 Å². The van der Waals surface area contributed by atoms with Gasteiger partial charge < -0.3 is 20.2 Å². The van der Waals surface area contributed by atoms with E-state index in [4.69, 9.17) is 0 Å². The standard InChI is InChI=1S/C20H26N4O2/c1-16-15-21-9-8-19(16)23-11-2-12-24(14-13-23)20(26)22-10-7-17-3-5-18(25)6-4-17/h3-6,8-9,15,25H,2,7,10-14H2,1H3,(H,22,26). The van der Waals surface area contributed by atoms with E-state index < -0.39 is 0 Å². The molecular weight excluding hydrogens is 328 g/mol. The number of hydrogen-bond acceptors (Lipinski definition) is 4. The number of nitrogens with one attached hydrogen (secondary N) is 1. The van der Waals surface area contributed by atoms with Crippen molar-refractivity contribution >= 4 is 11.7 Å². The van der Waals surface area contributed by atoms with Crippen molar-refractivity contribution in [3.8, 4) is 5.75 Å². The second-order valence-corrected chi connectivity index (χ2v) is 6.64. The lowest BCUT2D eigenvalue weighted by Crippen LogP contribution is -2.42. The zero-order chi connectivity index (χ0) is 18.4. The van der Waals surface area contributed by atoms with Crippen LogP contribution in [-0.2, 0) is 6.42 Å². The molecule has 0 atom stereocenters. The molecule has 3 rings (SSSR count). The number of anilines is 1. The number of aromatic nitrogens is 1. The number of aryl methyl sites for hydroxylation is 1. The van der Waals surface area contributed by atoms with Gasteiger partial charge in [-0.1, -0.05) is 12.1 Å². The highest BCUT2D eigenvalue weighted by Gasteiger charge is 2.19. The molecule has 6 nitrogen and oxygen atoms in total. The normalized spacial score (nSPS) is 14.8. The van der Waals surface area contributed by atoms with Crippen LogP contribution in [0.5, 0.6) is 5.75 Å². The van der Waals surface area contributed by atoms with Gasteiger partial charge in [0.15, 0.2) is 0 Å². The summed E-state index contributed by atoms with van der Waals surface area (Å²) in [6.07, 6.45) is 5.41. The summed E-state index contributed by atoms with van der Waals surface area (Å²) in [5.74, 6) is 0.261. The number of pyridine rings is 1. The van der Waals surface area contributed by atoms with Gasteiger partial charge in [0.1, 0.15) is 5.75 Å². The summed E-state index contributed by atoms with van der Waals surface area (Å²) in [5, 5.41) is 12.3. The maximum Gasteiger partial charge on any atom is 0.317 e. The van der Waals surface area contributed by atoms with E-state index in [1.54, 1.807) is 12.1 Å². The predicted molar refractivity (Wildman–Crippen MR) is 103 cm³/mol. The topological polar surface area (TPSA) is 68.7 Å². The highest BCUT2D eigenvalue weighted by atomic mass is 16.3. The van der Waals surface area contributed by atoms with Gasteiger partial charge in [0.2, 0.25) is 0 Å². The molecule has 1 fully saturated rings. The van der Waals surface area contributed by atoms with Crippen LogP contribution < -0.4 is 10.2 Å². The van der Waals surface area contributed by atoms with E-state index in [0.29, 0.717) is 13.1 Å². The molecule has 0 bridgehead atoms. The Hall–Kier alpha value is -2.76. The number of rotatable bonds is 4. The lowest BCUT2D eigenvalue weighted by atomic mass is 10.1. The van der Waals surface area contributed by atoms with Gasteiger partial charge in [0.25, 0.3) is 0 Å². The molecule has 0 saturated carbocycles. The van der Waals surface area contributed by atoms with Gasteiger partial charge in [-0.3, -0.25) is 4.98 Å². The summed E-state index contributed by atoms with van der Waals surface area (Å²) in [4.78, 5) is 20.8. The van der Waals surface area contributed by atoms with Crippen molar-refractivity contribution in [3.05, 3.63) is 53.9 Å². The van der Waals surface area contributed by atoms with Crippen LogP contribution in [-0.4, -0.2) is 53.7 Å². The van der Waals surface area contributed by atoms with Crippen LogP contribution in [0.2, 0.25) is 0 Å². The molecule has 26 heavy (non-hydrogen) atoms. The molecule has 2 heterocycles. The largest absolute Gasteiger partial charge is 0.508 e. The molecule has 6 heteroatoms. The predicted octanol–water partition coefficient (Wildman–Crippen LogP) is 2.56. The summed E-state index contributed by atoms with van der Waals surface area (Å²) in [5.41, 5.74) is 3.46. The average molecular weight is 354 g/mol. The third-order valence-corrected chi connectivity index (χ3v) is 4.74. The number of phenolic OH excluding ortho intramolecular Hbond substituents is 1. The van der Waals surface area contributed by atoms with E-state index >= 15 is 0 Å². The fraction of sp³-hybridized carbons (Fsp3) is 0.400. The molecular formula is C20H26N4O2. The number of aromatic hydroxyl groups is 1. The quantitative estimate of drug-likeness (QED) is 0.885. The lowest BCUT2D eigenvalue weighted by Gasteiger charge is -2.25.